The van der Waals surface area contributed by atoms with E-state index < -0.39 is 29.7 Å². The zero-order valence-corrected chi connectivity index (χ0v) is 16.6. The molecule has 166 valence electrons. The van der Waals surface area contributed by atoms with E-state index in [0.717, 1.165) is 21.9 Å². The van der Waals surface area contributed by atoms with E-state index in [1.165, 1.54) is 18.3 Å². The first-order valence-electron chi connectivity index (χ1n) is 9.68. The number of pyridine rings is 1. The van der Waals surface area contributed by atoms with Gasteiger partial charge in [-0.2, -0.15) is 13.2 Å². The molecule has 1 aliphatic heterocycles. The lowest BCUT2D eigenvalue weighted by Gasteiger charge is -2.11. The molecule has 0 bridgehead atoms. The highest BCUT2D eigenvalue weighted by Crippen LogP contribution is 2.25. The molecule has 2 aromatic heterocycles. The molecule has 0 aliphatic carbocycles. The standard InChI is InChI=1S/C20H20F3N3O5/c1-2-3-7-15-18(28)26(19(29)31-15)9-4-5-11-30-14-8-6-10-25-13(12-24-17(14)25)16(27)20(21,22)23/h6-8,10,12H,2-5,9,11H2,1H3. The molecule has 3 rings (SSSR count). The number of Topliss-reactive ketones (excluding diaryl/α,β-unsaturated/α-hetero) is 1. The summed E-state index contributed by atoms with van der Waals surface area (Å²) in [4.78, 5) is 40.3. The summed E-state index contributed by atoms with van der Waals surface area (Å²) in [5.41, 5.74) is -0.523. The van der Waals surface area contributed by atoms with Crippen LogP contribution in [-0.2, 0) is 9.53 Å². The van der Waals surface area contributed by atoms with E-state index >= 15 is 0 Å². The number of ether oxygens (including phenoxy) is 2. The van der Waals surface area contributed by atoms with Crippen LogP contribution in [-0.4, -0.2) is 51.4 Å². The van der Waals surface area contributed by atoms with Crippen LogP contribution in [0.15, 0.2) is 36.4 Å². The van der Waals surface area contributed by atoms with Gasteiger partial charge in [0.25, 0.3) is 11.7 Å². The number of aromatic nitrogens is 2. The Labute approximate surface area is 175 Å². The smallest absolute Gasteiger partial charge is 0.456 e. The van der Waals surface area contributed by atoms with Gasteiger partial charge in [0.05, 0.1) is 12.8 Å². The lowest BCUT2D eigenvalue weighted by Crippen LogP contribution is -2.30. The fraction of sp³-hybridized carbons (Fsp3) is 0.400. The Bertz CT molecular complexity index is 1030. The first kappa shape index (κ1) is 22.3. The van der Waals surface area contributed by atoms with Crippen LogP contribution in [0.1, 0.15) is 43.1 Å². The number of alkyl halides is 3. The van der Waals surface area contributed by atoms with Crippen LogP contribution in [0.2, 0.25) is 0 Å². The monoisotopic (exact) mass is 439 g/mol. The van der Waals surface area contributed by atoms with Gasteiger partial charge < -0.3 is 9.47 Å². The number of amides is 2. The Kier molecular flexibility index (Phi) is 6.62. The Morgan fingerprint density at radius 1 is 1.29 bits per heavy atom. The molecule has 31 heavy (non-hydrogen) atoms. The van der Waals surface area contributed by atoms with E-state index in [-0.39, 0.29) is 30.3 Å². The largest absolute Gasteiger partial charge is 0.490 e. The summed E-state index contributed by atoms with van der Waals surface area (Å²) >= 11 is 0. The fourth-order valence-electron chi connectivity index (χ4n) is 2.97. The highest BCUT2D eigenvalue weighted by atomic mass is 19.4. The molecule has 3 heterocycles. The quantitative estimate of drug-likeness (QED) is 0.334. The molecule has 0 aromatic carbocycles. The molecule has 1 aliphatic rings. The molecule has 0 N–H and O–H groups in total. The minimum absolute atomic E-state index is 0.0401. The van der Waals surface area contributed by atoms with Gasteiger partial charge in [-0.3, -0.25) is 14.0 Å². The first-order valence-corrected chi connectivity index (χ1v) is 9.68. The Morgan fingerprint density at radius 3 is 2.77 bits per heavy atom. The summed E-state index contributed by atoms with van der Waals surface area (Å²) in [6, 6.07) is 2.97. The maximum Gasteiger partial charge on any atom is 0.456 e. The van der Waals surface area contributed by atoms with Crippen molar-refractivity contribution in [1.82, 2.24) is 14.3 Å². The van der Waals surface area contributed by atoms with Crippen LogP contribution < -0.4 is 4.74 Å². The van der Waals surface area contributed by atoms with Gasteiger partial charge in [-0.1, -0.05) is 13.3 Å². The van der Waals surface area contributed by atoms with Crippen molar-refractivity contribution in [2.75, 3.05) is 13.2 Å². The lowest BCUT2D eigenvalue weighted by molar-refractivity contribution is -0.123. The SMILES string of the molecule is CCCC=C1OC(=O)N(CCCCOc2cccn3c(C(=O)C(F)(F)F)cnc23)C1=O. The predicted molar refractivity (Wildman–Crippen MR) is 101 cm³/mol. The lowest BCUT2D eigenvalue weighted by atomic mass is 10.2. The number of fused-ring (bicyclic) bond motifs is 1. The zero-order chi connectivity index (χ0) is 22.6. The molecule has 0 saturated carbocycles. The minimum atomic E-state index is -5.01. The average molecular weight is 439 g/mol. The third-order valence-corrected chi connectivity index (χ3v) is 4.52. The number of halogens is 3. The number of hydrogen-bond acceptors (Lipinski definition) is 6. The topological polar surface area (TPSA) is 90.2 Å². The van der Waals surface area contributed by atoms with E-state index in [4.69, 9.17) is 9.47 Å². The van der Waals surface area contributed by atoms with Crippen molar-refractivity contribution in [1.29, 1.82) is 0 Å². The van der Waals surface area contributed by atoms with Crippen LogP contribution in [0.5, 0.6) is 5.75 Å². The summed E-state index contributed by atoms with van der Waals surface area (Å²) in [7, 11) is 0. The third-order valence-electron chi connectivity index (χ3n) is 4.52. The highest BCUT2D eigenvalue weighted by molar-refractivity contribution is 6.07. The van der Waals surface area contributed by atoms with E-state index in [9.17, 15) is 27.6 Å². The Morgan fingerprint density at radius 2 is 2.06 bits per heavy atom. The molecular formula is C20H20F3N3O5. The minimum Gasteiger partial charge on any atom is -0.490 e. The van der Waals surface area contributed by atoms with Gasteiger partial charge in [-0.15, -0.1) is 0 Å². The number of rotatable bonds is 9. The van der Waals surface area contributed by atoms with Gasteiger partial charge >= 0.3 is 12.3 Å². The highest BCUT2D eigenvalue weighted by Gasteiger charge is 2.41. The number of imidazole rings is 1. The number of carbonyl (C=O) groups is 3. The van der Waals surface area contributed by atoms with Crippen LogP contribution in [0, 0.1) is 0 Å². The number of nitrogens with zero attached hydrogens (tertiary/aromatic N) is 3. The number of ketones is 1. The molecule has 0 unspecified atom stereocenters. The number of carbonyl (C=O) groups excluding carboxylic acids is 3. The zero-order valence-electron chi connectivity index (χ0n) is 16.6. The fourth-order valence-corrected chi connectivity index (χ4v) is 2.97. The van der Waals surface area contributed by atoms with Gasteiger partial charge in [-0.25, -0.2) is 14.7 Å². The van der Waals surface area contributed by atoms with Crippen molar-refractivity contribution in [2.45, 2.75) is 38.8 Å². The molecule has 1 saturated heterocycles. The van der Waals surface area contributed by atoms with Gasteiger partial charge in [-0.05, 0) is 37.5 Å². The maximum absolute atomic E-state index is 12.7. The normalized spacial score (nSPS) is 15.7. The van der Waals surface area contributed by atoms with E-state index in [1.807, 2.05) is 6.92 Å². The predicted octanol–water partition coefficient (Wildman–Crippen LogP) is 3.90. The van der Waals surface area contributed by atoms with Crippen LogP contribution in [0.3, 0.4) is 0 Å². The number of cyclic esters (lactones) is 1. The molecular weight excluding hydrogens is 419 g/mol. The van der Waals surface area contributed by atoms with Crippen LogP contribution >= 0.6 is 0 Å². The van der Waals surface area contributed by atoms with Crippen molar-refractivity contribution in [2.24, 2.45) is 0 Å². The second kappa shape index (κ2) is 9.19. The molecule has 0 atom stereocenters. The molecule has 8 nitrogen and oxygen atoms in total. The molecule has 0 spiro atoms. The number of allylic oxidation sites excluding steroid dienone is 1. The third kappa shape index (κ3) is 4.86. The van der Waals surface area contributed by atoms with Crippen LogP contribution in [0.4, 0.5) is 18.0 Å². The maximum atomic E-state index is 12.7. The summed E-state index contributed by atoms with van der Waals surface area (Å²) in [5.74, 6) is -2.21. The van der Waals surface area contributed by atoms with E-state index in [0.29, 0.717) is 19.3 Å². The summed E-state index contributed by atoms with van der Waals surface area (Å²) in [5, 5.41) is 0. The Balaban J connectivity index is 1.55. The van der Waals surface area contributed by atoms with Gasteiger partial charge in [0, 0.05) is 12.7 Å². The second-order valence-electron chi connectivity index (χ2n) is 6.77. The van der Waals surface area contributed by atoms with Crippen molar-refractivity contribution in [3.05, 3.63) is 42.1 Å². The van der Waals surface area contributed by atoms with Gasteiger partial charge in [0.15, 0.2) is 17.2 Å². The first-order chi connectivity index (χ1) is 14.7. The van der Waals surface area contributed by atoms with Crippen molar-refractivity contribution < 1.29 is 37.0 Å². The summed E-state index contributed by atoms with van der Waals surface area (Å²) < 4.78 is 49.7. The summed E-state index contributed by atoms with van der Waals surface area (Å²) in [6.07, 6.45) is 0.371. The molecule has 2 amide bonds. The van der Waals surface area contributed by atoms with Crippen molar-refractivity contribution in [3.63, 3.8) is 0 Å². The molecule has 0 radical (unpaired) electrons. The van der Waals surface area contributed by atoms with Gasteiger partial charge in [0.2, 0.25) is 0 Å². The molecule has 2 aromatic rings. The van der Waals surface area contributed by atoms with Crippen LogP contribution in [0.25, 0.3) is 5.65 Å². The van der Waals surface area contributed by atoms with Crippen molar-refractivity contribution >= 4 is 23.4 Å². The number of unbranched alkanes of at least 4 members (excludes halogenated alkanes) is 2. The summed E-state index contributed by atoms with van der Waals surface area (Å²) in [6.45, 7) is 2.27. The molecule has 11 heteroatoms. The van der Waals surface area contributed by atoms with E-state index in [1.54, 1.807) is 6.08 Å². The van der Waals surface area contributed by atoms with Crippen molar-refractivity contribution in [3.8, 4) is 5.75 Å². The number of hydrogen-bond donors (Lipinski definition) is 0. The number of imide groups is 1. The average Bonchev–Trinajstić information content (AvgIpc) is 3.27. The van der Waals surface area contributed by atoms with E-state index in [2.05, 4.69) is 4.98 Å². The molecule has 1 fully saturated rings. The second-order valence-corrected chi connectivity index (χ2v) is 6.77. The Hall–Kier alpha value is -3.37. The van der Waals surface area contributed by atoms with Gasteiger partial charge in [0.1, 0.15) is 5.69 Å².